The predicted molar refractivity (Wildman–Crippen MR) is 76.4 cm³/mol. The first kappa shape index (κ1) is 15.0. The molecule has 0 bridgehead atoms. The molecule has 0 aromatic carbocycles. The Morgan fingerprint density at radius 2 is 2.29 bits per heavy atom. The fourth-order valence-electron chi connectivity index (χ4n) is 1.73. The Bertz CT molecular complexity index is 609. The van der Waals surface area contributed by atoms with Gasteiger partial charge in [-0.15, -0.1) is 11.3 Å². The van der Waals surface area contributed by atoms with Crippen LogP contribution in [0.5, 0.6) is 5.75 Å². The quantitative estimate of drug-likeness (QED) is 0.776. The molecule has 2 N–H and O–H groups in total. The average molecular weight is 309 g/mol. The molecule has 1 amide bonds. The maximum Gasteiger partial charge on any atom is 0.328 e. The van der Waals surface area contributed by atoms with Gasteiger partial charge in [0, 0.05) is 29.8 Å². The van der Waals surface area contributed by atoms with Crippen molar-refractivity contribution >= 4 is 23.2 Å². The lowest BCUT2D eigenvalue weighted by Crippen LogP contribution is -2.42. The number of aromatic nitrogens is 2. The minimum absolute atomic E-state index is 0.279. The van der Waals surface area contributed by atoms with Crippen molar-refractivity contribution in [2.45, 2.75) is 12.5 Å². The van der Waals surface area contributed by atoms with Crippen molar-refractivity contribution in [2.24, 2.45) is 0 Å². The Kier molecular flexibility index (Phi) is 4.94. The number of imidazole rings is 1. The molecule has 112 valence electrons. The first-order valence-corrected chi connectivity index (χ1v) is 7.00. The van der Waals surface area contributed by atoms with E-state index in [0.717, 1.165) is 5.69 Å². The zero-order valence-electron chi connectivity index (χ0n) is 11.6. The van der Waals surface area contributed by atoms with Crippen LogP contribution in [0.15, 0.2) is 24.0 Å². The van der Waals surface area contributed by atoms with Crippen molar-refractivity contribution in [1.29, 1.82) is 0 Å². The van der Waals surface area contributed by atoms with E-state index >= 15 is 0 Å². The van der Waals surface area contributed by atoms with E-state index in [1.54, 1.807) is 17.6 Å². The van der Waals surface area contributed by atoms with Crippen molar-refractivity contribution in [1.82, 2.24) is 15.3 Å². The standard InChI is InChI=1S/C13H15N3O4S/c1-19-9-4-11(21-6-9)12(17)16-10(13(18)20-2)3-8-5-14-7-15-8/h4-7,10H,3H2,1-2H3,(H,14,15)(H,16,17)/t10-/m0/s1. The van der Waals surface area contributed by atoms with Crippen LogP contribution in [-0.4, -0.2) is 42.1 Å². The molecule has 0 aliphatic heterocycles. The van der Waals surface area contributed by atoms with Crippen molar-refractivity contribution < 1.29 is 19.1 Å². The molecular formula is C13H15N3O4S. The second-order valence-corrected chi connectivity index (χ2v) is 5.09. The monoisotopic (exact) mass is 309 g/mol. The molecule has 2 heterocycles. The topological polar surface area (TPSA) is 93.3 Å². The van der Waals surface area contributed by atoms with Gasteiger partial charge < -0.3 is 19.8 Å². The summed E-state index contributed by atoms with van der Waals surface area (Å²) in [5, 5.41) is 4.37. The number of carbonyl (C=O) groups is 2. The van der Waals surface area contributed by atoms with Gasteiger partial charge in [0.05, 0.1) is 25.4 Å². The van der Waals surface area contributed by atoms with Gasteiger partial charge in [-0.2, -0.15) is 0 Å². The number of H-pyrrole nitrogens is 1. The van der Waals surface area contributed by atoms with Gasteiger partial charge in [-0.05, 0) is 0 Å². The molecule has 0 fully saturated rings. The highest BCUT2D eigenvalue weighted by Gasteiger charge is 2.23. The summed E-state index contributed by atoms with van der Waals surface area (Å²) >= 11 is 1.24. The number of nitrogens with zero attached hydrogens (tertiary/aromatic N) is 1. The molecule has 0 unspecified atom stereocenters. The van der Waals surface area contributed by atoms with E-state index in [-0.39, 0.29) is 12.3 Å². The zero-order chi connectivity index (χ0) is 15.2. The molecule has 21 heavy (non-hydrogen) atoms. The van der Waals surface area contributed by atoms with Crippen LogP contribution in [0.1, 0.15) is 15.4 Å². The van der Waals surface area contributed by atoms with E-state index < -0.39 is 12.0 Å². The lowest BCUT2D eigenvalue weighted by molar-refractivity contribution is -0.142. The van der Waals surface area contributed by atoms with Gasteiger partial charge in [0.25, 0.3) is 5.91 Å². The minimum atomic E-state index is -0.781. The molecular weight excluding hydrogens is 294 g/mol. The third-order valence-corrected chi connectivity index (χ3v) is 3.71. The average Bonchev–Trinajstić information content (AvgIpc) is 3.16. The van der Waals surface area contributed by atoms with Crippen molar-refractivity contribution in [3.8, 4) is 5.75 Å². The number of methoxy groups -OCH3 is 2. The van der Waals surface area contributed by atoms with Crippen LogP contribution in [0, 0.1) is 0 Å². The highest BCUT2D eigenvalue weighted by Crippen LogP contribution is 2.21. The summed E-state index contributed by atoms with van der Waals surface area (Å²) in [6.07, 6.45) is 3.38. The largest absolute Gasteiger partial charge is 0.496 e. The van der Waals surface area contributed by atoms with Crippen molar-refractivity contribution in [2.75, 3.05) is 14.2 Å². The van der Waals surface area contributed by atoms with Crippen LogP contribution in [-0.2, 0) is 16.0 Å². The molecule has 2 aromatic rings. The highest BCUT2D eigenvalue weighted by molar-refractivity contribution is 7.12. The highest BCUT2D eigenvalue weighted by atomic mass is 32.1. The number of esters is 1. The van der Waals surface area contributed by atoms with Crippen molar-refractivity contribution in [3.05, 3.63) is 34.5 Å². The van der Waals surface area contributed by atoms with E-state index in [9.17, 15) is 9.59 Å². The summed E-state index contributed by atoms with van der Waals surface area (Å²) in [5.74, 6) is -0.256. The number of carbonyl (C=O) groups excluding carboxylic acids is 2. The summed E-state index contributed by atoms with van der Waals surface area (Å²) in [6, 6.07) is 0.834. The molecule has 0 radical (unpaired) electrons. The van der Waals surface area contributed by atoms with Crippen molar-refractivity contribution in [3.63, 3.8) is 0 Å². The van der Waals surface area contributed by atoms with E-state index in [1.165, 1.54) is 31.9 Å². The van der Waals surface area contributed by atoms with Crippen LogP contribution in [0.3, 0.4) is 0 Å². The molecule has 0 saturated heterocycles. The normalized spacial score (nSPS) is 11.7. The van der Waals surface area contributed by atoms with Gasteiger partial charge >= 0.3 is 5.97 Å². The molecule has 1 atom stereocenters. The Morgan fingerprint density at radius 1 is 1.48 bits per heavy atom. The van der Waals surface area contributed by atoms with Crippen LogP contribution >= 0.6 is 11.3 Å². The molecule has 0 spiro atoms. The van der Waals surface area contributed by atoms with Gasteiger partial charge in [-0.25, -0.2) is 9.78 Å². The van der Waals surface area contributed by atoms with Crippen LogP contribution in [0.4, 0.5) is 0 Å². The molecule has 2 aromatic heterocycles. The number of amides is 1. The Morgan fingerprint density at radius 3 is 2.86 bits per heavy atom. The summed E-state index contributed by atoms with van der Waals surface area (Å²) in [6.45, 7) is 0. The Hall–Kier alpha value is -2.35. The first-order valence-electron chi connectivity index (χ1n) is 6.12. The number of aromatic amines is 1. The van der Waals surface area contributed by atoms with Gasteiger partial charge in [0.15, 0.2) is 0 Å². The minimum Gasteiger partial charge on any atom is -0.496 e. The van der Waals surface area contributed by atoms with Crippen LogP contribution in [0.2, 0.25) is 0 Å². The van der Waals surface area contributed by atoms with E-state index in [4.69, 9.17) is 9.47 Å². The smallest absolute Gasteiger partial charge is 0.328 e. The molecule has 8 heteroatoms. The third-order valence-electron chi connectivity index (χ3n) is 2.80. The fraction of sp³-hybridized carbons (Fsp3) is 0.308. The summed E-state index contributed by atoms with van der Waals surface area (Å²) in [7, 11) is 2.81. The number of thiophene rings is 1. The van der Waals surface area contributed by atoms with E-state index in [0.29, 0.717) is 10.6 Å². The summed E-state index contributed by atoms with van der Waals surface area (Å²) < 4.78 is 9.74. The lowest BCUT2D eigenvalue weighted by atomic mass is 10.1. The number of ether oxygens (including phenoxy) is 2. The summed E-state index contributed by atoms with van der Waals surface area (Å²) in [4.78, 5) is 31.1. The van der Waals surface area contributed by atoms with Gasteiger partial charge in [0.1, 0.15) is 11.8 Å². The maximum atomic E-state index is 12.1. The lowest BCUT2D eigenvalue weighted by Gasteiger charge is -2.15. The molecule has 2 rings (SSSR count). The third kappa shape index (κ3) is 3.82. The molecule has 0 aliphatic carbocycles. The SMILES string of the molecule is COC(=O)[C@H](Cc1cnc[nH]1)NC(=O)c1cc(OC)cs1. The Balaban J connectivity index is 2.07. The molecule has 0 aliphatic rings. The van der Waals surface area contributed by atoms with Gasteiger partial charge in [-0.1, -0.05) is 0 Å². The second-order valence-electron chi connectivity index (χ2n) is 4.18. The first-order chi connectivity index (χ1) is 10.1. The van der Waals surface area contributed by atoms with Gasteiger partial charge in [-0.3, -0.25) is 4.79 Å². The fourth-order valence-corrected chi connectivity index (χ4v) is 2.48. The molecule has 0 saturated carbocycles. The molecule has 7 nitrogen and oxygen atoms in total. The number of nitrogens with one attached hydrogen (secondary N) is 2. The second kappa shape index (κ2) is 6.89. The predicted octanol–water partition coefficient (Wildman–Crippen LogP) is 0.994. The Labute approximate surface area is 125 Å². The number of rotatable bonds is 6. The maximum absolute atomic E-state index is 12.1. The summed E-state index contributed by atoms with van der Waals surface area (Å²) in [5.41, 5.74) is 0.731. The zero-order valence-corrected chi connectivity index (χ0v) is 12.4. The van der Waals surface area contributed by atoms with Crippen LogP contribution < -0.4 is 10.1 Å². The number of hydrogen-bond acceptors (Lipinski definition) is 6. The van der Waals surface area contributed by atoms with E-state index in [2.05, 4.69) is 15.3 Å². The van der Waals surface area contributed by atoms with Crippen LogP contribution in [0.25, 0.3) is 0 Å². The van der Waals surface area contributed by atoms with E-state index in [1.807, 2.05) is 0 Å². The number of hydrogen-bond donors (Lipinski definition) is 2. The van der Waals surface area contributed by atoms with Gasteiger partial charge in [0.2, 0.25) is 0 Å².